The van der Waals surface area contributed by atoms with E-state index in [0.717, 1.165) is 24.0 Å². The zero-order valence-corrected chi connectivity index (χ0v) is 14.2. The summed E-state index contributed by atoms with van der Waals surface area (Å²) in [7, 11) is 0. The molecule has 0 heterocycles. The molecule has 2 aliphatic rings. The van der Waals surface area contributed by atoms with Crippen molar-refractivity contribution in [3.63, 3.8) is 0 Å². The molecular weight excluding hydrogens is 304 g/mol. The standard InChI is InChI=1S/2C9H12O.Fe/c1-3-8-4-5-9(6-8)7(2)10;1-3-8-5-4-6-9(8)7(2)10;/h2*4-6,10H,3H2,1-2H3;/b2*9-7-;. The van der Waals surface area contributed by atoms with E-state index in [4.69, 9.17) is 10.2 Å². The summed E-state index contributed by atoms with van der Waals surface area (Å²) < 4.78 is 0. The van der Waals surface area contributed by atoms with Crippen molar-refractivity contribution in [1.82, 2.24) is 0 Å². The first-order valence-electron chi connectivity index (χ1n) is 7.05. The summed E-state index contributed by atoms with van der Waals surface area (Å²) in [5.41, 5.74) is 4.43. The molecule has 2 rings (SSSR count). The summed E-state index contributed by atoms with van der Waals surface area (Å²) in [5.74, 6) is 0.821. The van der Waals surface area contributed by atoms with Crippen molar-refractivity contribution >= 4 is 0 Å². The maximum Gasteiger partial charge on any atom is 0.0966 e. The fraction of sp³-hybridized carbons (Fsp3) is 0.333. The quantitative estimate of drug-likeness (QED) is 0.523. The van der Waals surface area contributed by atoms with Gasteiger partial charge in [0.2, 0.25) is 0 Å². The third-order valence-electron chi connectivity index (χ3n) is 3.32. The topological polar surface area (TPSA) is 40.5 Å². The number of aliphatic hydroxyl groups is 2. The van der Waals surface area contributed by atoms with E-state index in [-0.39, 0.29) is 17.1 Å². The first kappa shape index (κ1) is 19.6. The molecule has 21 heavy (non-hydrogen) atoms. The van der Waals surface area contributed by atoms with E-state index in [1.54, 1.807) is 13.8 Å². The van der Waals surface area contributed by atoms with Gasteiger partial charge in [-0.2, -0.15) is 0 Å². The summed E-state index contributed by atoms with van der Waals surface area (Å²) in [6.07, 6.45) is 13.9. The van der Waals surface area contributed by atoms with Gasteiger partial charge in [0.05, 0.1) is 11.5 Å². The second-order valence-corrected chi connectivity index (χ2v) is 4.85. The Balaban J connectivity index is 0.000000364. The largest absolute Gasteiger partial charge is 0.512 e. The number of hydrogen-bond donors (Lipinski definition) is 2. The zero-order valence-electron chi connectivity index (χ0n) is 13.1. The first-order chi connectivity index (χ1) is 9.49. The van der Waals surface area contributed by atoms with Gasteiger partial charge in [0.1, 0.15) is 0 Å². The van der Waals surface area contributed by atoms with Gasteiger partial charge in [0.15, 0.2) is 0 Å². The predicted molar refractivity (Wildman–Crippen MR) is 85.7 cm³/mol. The molecule has 0 aromatic carbocycles. The molecule has 0 bridgehead atoms. The minimum absolute atomic E-state index is 0. The van der Waals surface area contributed by atoms with E-state index in [0.29, 0.717) is 11.5 Å². The van der Waals surface area contributed by atoms with Gasteiger partial charge < -0.3 is 10.2 Å². The van der Waals surface area contributed by atoms with Gasteiger partial charge in [-0.25, -0.2) is 0 Å². The molecule has 0 amide bonds. The SMILES string of the molecule is CCC1=C/C(=C(/C)O)C=C1.CCC1=CC=C/C1=C(\C)O.[Fe]. The van der Waals surface area contributed by atoms with Crippen molar-refractivity contribution in [2.45, 2.75) is 40.5 Å². The number of aliphatic hydroxyl groups excluding tert-OH is 2. The van der Waals surface area contributed by atoms with E-state index in [9.17, 15) is 0 Å². The van der Waals surface area contributed by atoms with Crippen LogP contribution in [0.3, 0.4) is 0 Å². The van der Waals surface area contributed by atoms with Gasteiger partial charge >= 0.3 is 0 Å². The molecule has 0 radical (unpaired) electrons. The Labute approximate surface area is 138 Å². The molecular formula is C18H24FeO2. The Hall–Kier alpha value is -1.44. The van der Waals surface area contributed by atoms with Crippen LogP contribution in [0.15, 0.2) is 70.3 Å². The molecule has 2 nitrogen and oxygen atoms in total. The average Bonchev–Trinajstić information content (AvgIpc) is 3.08. The summed E-state index contributed by atoms with van der Waals surface area (Å²) in [5, 5.41) is 18.2. The summed E-state index contributed by atoms with van der Waals surface area (Å²) in [6, 6.07) is 0. The van der Waals surface area contributed by atoms with Crippen LogP contribution in [0.5, 0.6) is 0 Å². The Kier molecular flexibility index (Phi) is 8.84. The molecule has 0 aliphatic heterocycles. The zero-order chi connectivity index (χ0) is 15.1. The van der Waals surface area contributed by atoms with Crippen molar-refractivity contribution in [2.24, 2.45) is 0 Å². The minimum Gasteiger partial charge on any atom is -0.512 e. The third-order valence-corrected chi connectivity index (χ3v) is 3.32. The molecule has 0 saturated heterocycles. The van der Waals surface area contributed by atoms with Crippen molar-refractivity contribution in [3.05, 3.63) is 70.3 Å². The molecule has 2 N–H and O–H groups in total. The molecule has 0 unspecified atom stereocenters. The van der Waals surface area contributed by atoms with Gasteiger partial charge in [-0.1, -0.05) is 44.2 Å². The van der Waals surface area contributed by atoms with Crippen LogP contribution in [0.25, 0.3) is 0 Å². The average molecular weight is 328 g/mol. The van der Waals surface area contributed by atoms with E-state index >= 15 is 0 Å². The third kappa shape index (κ3) is 5.82. The van der Waals surface area contributed by atoms with Gasteiger partial charge in [0, 0.05) is 28.2 Å². The second kappa shape index (κ2) is 9.49. The van der Waals surface area contributed by atoms with Gasteiger partial charge in [-0.05, 0) is 43.9 Å². The molecule has 2 aliphatic carbocycles. The monoisotopic (exact) mass is 328 g/mol. The molecule has 0 atom stereocenters. The molecule has 0 aromatic heterocycles. The maximum atomic E-state index is 9.14. The summed E-state index contributed by atoms with van der Waals surface area (Å²) in [4.78, 5) is 0. The summed E-state index contributed by atoms with van der Waals surface area (Å²) in [6.45, 7) is 7.61. The van der Waals surface area contributed by atoms with Crippen LogP contribution in [0.1, 0.15) is 40.5 Å². The minimum atomic E-state index is 0. The van der Waals surface area contributed by atoms with Crippen molar-refractivity contribution < 1.29 is 27.3 Å². The van der Waals surface area contributed by atoms with Crippen LogP contribution in [-0.2, 0) is 17.1 Å². The van der Waals surface area contributed by atoms with Crippen LogP contribution in [-0.4, -0.2) is 10.2 Å². The molecule has 116 valence electrons. The molecule has 0 fully saturated rings. The Morgan fingerprint density at radius 3 is 1.95 bits per heavy atom. The van der Waals surface area contributed by atoms with E-state index in [1.807, 2.05) is 36.5 Å². The van der Waals surface area contributed by atoms with Crippen LogP contribution in [0.4, 0.5) is 0 Å². The fourth-order valence-corrected chi connectivity index (χ4v) is 2.06. The fourth-order valence-electron chi connectivity index (χ4n) is 2.06. The Morgan fingerprint density at radius 2 is 1.62 bits per heavy atom. The van der Waals surface area contributed by atoms with E-state index in [1.165, 1.54) is 11.1 Å². The molecule has 0 spiro atoms. The smallest absolute Gasteiger partial charge is 0.0966 e. The molecule has 0 saturated carbocycles. The summed E-state index contributed by atoms with van der Waals surface area (Å²) >= 11 is 0. The maximum absolute atomic E-state index is 9.14. The van der Waals surface area contributed by atoms with E-state index in [2.05, 4.69) is 13.8 Å². The van der Waals surface area contributed by atoms with Gasteiger partial charge in [-0.15, -0.1) is 0 Å². The predicted octanol–water partition coefficient (Wildman–Crippen LogP) is 5.45. The second-order valence-electron chi connectivity index (χ2n) is 4.85. The van der Waals surface area contributed by atoms with Crippen molar-refractivity contribution in [2.75, 3.05) is 0 Å². The van der Waals surface area contributed by atoms with Gasteiger partial charge in [-0.3, -0.25) is 0 Å². The Morgan fingerprint density at radius 1 is 0.952 bits per heavy atom. The van der Waals surface area contributed by atoms with Crippen LogP contribution in [0, 0.1) is 0 Å². The van der Waals surface area contributed by atoms with Crippen LogP contribution in [0.2, 0.25) is 0 Å². The van der Waals surface area contributed by atoms with Crippen molar-refractivity contribution in [3.8, 4) is 0 Å². The number of allylic oxidation sites excluding steroid dienone is 12. The van der Waals surface area contributed by atoms with Crippen LogP contribution >= 0.6 is 0 Å². The van der Waals surface area contributed by atoms with Gasteiger partial charge in [0.25, 0.3) is 0 Å². The molecule has 0 aromatic rings. The normalized spacial score (nSPS) is 20.2. The number of hydrogen-bond acceptors (Lipinski definition) is 2. The number of rotatable bonds is 2. The van der Waals surface area contributed by atoms with Crippen molar-refractivity contribution in [1.29, 1.82) is 0 Å². The first-order valence-corrected chi connectivity index (χ1v) is 7.05. The van der Waals surface area contributed by atoms with Crippen LogP contribution < -0.4 is 0 Å². The van der Waals surface area contributed by atoms with E-state index < -0.39 is 0 Å². The molecule has 3 heteroatoms. The Bertz CT molecular complexity index is 536.